The smallest absolute Gasteiger partial charge is 0.224 e. The molecule has 0 aliphatic rings. The maximum atomic E-state index is 11.6. The van der Waals surface area contributed by atoms with E-state index in [1.165, 1.54) is 0 Å². The summed E-state index contributed by atoms with van der Waals surface area (Å²) in [6, 6.07) is 7.76. The van der Waals surface area contributed by atoms with Crippen molar-refractivity contribution in [2.45, 2.75) is 26.3 Å². The Morgan fingerprint density at radius 1 is 1.35 bits per heavy atom. The first-order chi connectivity index (χ1) is 7.99. The fourth-order valence-corrected chi connectivity index (χ4v) is 1.58. The van der Waals surface area contributed by atoms with Gasteiger partial charge in [-0.3, -0.25) is 4.79 Å². The number of amides is 1. The maximum absolute atomic E-state index is 11.6. The highest BCUT2D eigenvalue weighted by molar-refractivity contribution is 9.10. The number of carbonyl (C=O) groups is 1. The first kappa shape index (κ1) is 14.2. The first-order valence-electron chi connectivity index (χ1n) is 5.75. The van der Waals surface area contributed by atoms with Gasteiger partial charge in [0, 0.05) is 17.1 Å². The van der Waals surface area contributed by atoms with E-state index in [9.17, 15) is 4.79 Å². The highest BCUT2D eigenvalue weighted by Gasteiger charge is 2.09. The molecule has 17 heavy (non-hydrogen) atoms. The largest absolute Gasteiger partial charge is 0.354 e. The molecule has 1 amide bonds. The van der Waals surface area contributed by atoms with Gasteiger partial charge in [-0.2, -0.15) is 0 Å². The molecular formula is C13H19BrN2O. The predicted molar refractivity (Wildman–Crippen MR) is 73.7 cm³/mol. The van der Waals surface area contributed by atoms with Crippen molar-refractivity contribution in [3.05, 3.63) is 34.3 Å². The molecule has 1 rings (SSSR count). The molecule has 0 spiro atoms. The number of halogens is 1. The van der Waals surface area contributed by atoms with Crippen molar-refractivity contribution in [1.29, 1.82) is 0 Å². The van der Waals surface area contributed by atoms with E-state index in [0.29, 0.717) is 18.9 Å². The summed E-state index contributed by atoms with van der Waals surface area (Å²) in [5, 5.41) is 2.85. The number of hydrogen-bond donors (Lipinski definition) is 2. The van der Waals surface area contributed by atoms with E-state index >= 15 is 0 Å². The molecule has 0 heterocycles. The fraction of sp³-hybridized carbons (Fsp3) is 0.462. The molecular weight excluding hydrogens is 280 g/mol. The Balaban J connectivity index is 2.37. The van der Waals surface area contributed by atoms with Crippen LogP contribution in [-0.4, -0.2) is 18.5 Å². The molecule has 0 bridgehead atoms. The van der Waals surface area contributed by atoms with Crippen LogP contribution in [0.1, 0.15) is 19.4 Å². The Hall–Kier alpha value is -0.870. The molecule has 1 unspecified atom stereocenters. The summed E-state index contributed by atoms with van der Waals surface area (Å²) in [5.41, 5.74) is 6.86. The van der Waals surface area contributed by atoms with Crippen molar-refractivity contribution < 1.29 is 4.79 Å². The van der Waals surface area contributed by atoms with Crippen LogP contribution in [0.15, 0.2) is 28.7 Å². The van der Waals surface area contributed by atoms with Gasteiger partial charge in [0.1, 0.15) is 0 Å². The SMILES string of the molecule is CC(C)C(N)CNC(=O)Cc1ccc(Br)cc1. The summed E-state index contributed by atoms with van der Waals surface area (Å²) in [5.74, 6) is 0.395. The van der Waals surface area contributed by atoms with Crippen LogP contribution in [0.4, 0.5) is 0 Å². The molecule has 1 aromatic carbocycles. The summed E-state index contributed by atoms with van der Waals surface area (Å²) >= 11 is 3.36. The lowest BCUT2D eigenvalue weighted by Crippen LogP contribution is -2.40. The van der Waals surface area contributed by atoms with Crippen molar-refractivity contribution in [2.75, 3.05) is 6.54 Å². The van der Waals surface area contributed by atoms with Crippen LogP contribution in [0.25, 0.3) is 0 Å². The van der Waals surface area contributed by atoms with Gasteiger partial charge in [0.25, 0.3) is 0 Å². The van der Waals surface area contributed by atoms with Gasteiger partial charge in [0.05, 0.1) is 6.42 Å². The highest BCUT2D eigenvalue weighted by atomic mass is 79.9. The second kappa shape index (κ2) is 6.77. The van der Waals surface area contributed by atoms with E-state index in [2.05, 4.69) is 21.2 Å². The van der Waals surface area contributed by atoms with Crippen molar-refractivity contribution in [2.24, 2.45) is 11.7 Å². The molecule has 0 fully saturated rings. The Labute approximate surface area is 111 Å². The van der Waals surface area contributed by atoms with Crippen molar-refractivity contribution >= 4 is 21.8 Å². The average Bonchev–Trinajstić information content (AvgIpc) is 2.29. The standard InChI is InChI=1S/C13H19BrN2O/c1-9(2)12(15)8-16-13(17)7-10-3-5-11(14)6-4-10/h3-6,9,12H,7-8,15H2,1-2H3,(H,16,17). The Morgan fingerprint density at radius 3 is 2.47 bits per heavy atom. The van der Waals surface area contributed by atoms with E-state index in [1.54, 1.807) is 0 Å². The van der Waals surface area contributed by atoms with Crippen LogP contribution in [0, 0.1) is 5.92 Å². The normalized spacial score (nSPS) is 12.5. The van der Waals surface area contributed by atoms with Crippen molar-refractivity contribution in [3.8, 4) is 0 Å². The van der Waals surface area contributed by atoms with Crippen LogP contribution >= 0.6 is 15.9 Å². The minimum absolute atomic E-state index is 0.0171. The molecule has 1 atom stereocenters. The molecule has 94 valence electrons. The minimum Gasteiger partial charge on any atom is -0.354 e. The van der Waals surface area contributed by atoms with Gasteiger partial charge in [-0.05, 0) is 23.6 Å². The van der Waals surface area contributed by atoms with Crippen molar-refractivity contribution in [1.82, 2.24) is 5.32 Å². The molecule has 0 aliphatic heterocycles. The number of nitrogens with one attached hydrogen (secondary N) is 1. The van der Waals surface area contributed by atoms with Gasteiger partial charge in [0.15, 0.2) is 0 Å². The van der Waals surface area contributed by atoms with Crippen LogP contribution < -0.4 is 11.1 Å². The molecule has 0 aliphatic carbocycles. The third kappa shape index (κ3) is 5.33. The Morgan fingerprint density at radius 2 is 1.94 bits per heavy atom. The number of benzene rings is 1. The summed E-state index contributed by atoms with van der Waals surface area (Å²) < 4.78 is 1.02. The summed E-state index contributed by atoms with van der Waals surface area (Å²) in [6.45, 7) is 4.63. The van der Waals surface area contributed by atoms with Gasteiger partial charge in [-0.25, -0.2) is 0 Å². The lowest BCUT2D eigenvalue weighted by Gasteiger charge is -2.16. The van der Waals surface area contributed by atoms with Crippen molar-refractivity contribution in [3.63, 3.8) is 0 Å². The minimum atomic E-state index is 0.0171. The highest BCUT2D eigenvalue weighted by Crippen LogP contribution is 2.10. The van der Waals surface area contributed by atoms with Gasteiger partial charge in [0.2, 0.25) is 5.91 Å². The number of carbonyl (C=O) groups excluding carboxylic acids is 1. The summed E-state index contributed by atoms with van der Waals surface area (Å²) in [6.07, 6.45) is 0.401. The van der Waals surface area contributed by atoms with E-state index in [1.807, 2.05) is 38.1 Å². The molecule has 0 saturated heterocycles. The van der Waals surface area contributed by atoms with Gasteiger partial charge < -0.3 is 11.1 Å². The number of rotatable bonds is 5. The zero-order valence-electron chi connectivity index (χ0n) is 10.2. The molecule has 0 saturated carbocycles. The molecule has 0 aromatic heterocycles. The molecule has 1 aromatic rings. The van der Waals surface area contributed by atoms with Crippen LogP contribution in [0.5, 0.6) is 0 Å². The van der Waals surface area contributed by atoms with E-state index in [-0.39, 0.29) is 11.9 Å². The van der Waals surface area contributed by atoms with Gasteiger partial charge in [-0.15, -0.1) is 0 Å². The molecule has 3 nitrogen and oxygen atoms in total. The molecule has 0 radical (unpaired) electrons. The maximum Gasteiger partial charge on any atom is 0.224 e. The number of hydrogen-bond acceptors (Lipinski definition) is 2. The van der Waals surface area contributed by atoms with E-state index < -0.39 is 0 Å². The van der Waals surface area contributed by atoms with Crippen LogP contribution in [0.3, 0.4) is 0 Å². The van der Waals surface area contributed by atoms with E-state index in [0.717, 1.165) is 10.0 Å². The predicted octanol–water partition coefficient (Wildman–Crippen LogP) is 2.09. The summed E-state index contributed by atoms with van der Waals surface area (Å²) in [7, 11) is 0. The lowest BCUT2D eigenvalue weighted by molar-refractivity contribution is -0.120. The zero-order valence-corrected chi connectivity index (χ0v) is 11.8. The monoisotopic (exact) mass is 298 g/mol. The van der Waals surface area contributed by atoms with E-state index in [4.69, 9.17) is 5.73 Å². The Kier molecular flexibility index (Phi) is 5.65. The number of nitrogens with two attached hydrogens (primary N) is 1. The van der Waals surface area contributed by atoms with Gasteiger partial charge in [-0.1, -0.05) is 41.9 Å². The zero-order chi connectivity index (χ0) is 12.8. The molecule has 3 N–H and O–H groups in total. The average molecular weight is 299 g/mol. The second-order valence-electron chi connectivity index (χ2n) is 4.52. The molecule has 4 heteroatoms. The second-order valence-corrected chi connectivity index (χ2v) is 5.43. The first-order valence-corrected chi connectivity index (χ1v) is 6.55. The topological polar surface area (TPSA) is 55.1 Å². The quantitative estimate of drug-likeness (QED) is 0.874. The fourth-order valence-electron chi connectivity index (χ4n) is 1.32. The third-order valence-corrected chi connectivity index (χ3v) is 3.20. The Bertz CT molecular complexity index is 362. The van der Waals surface area contributed by atoms with Crippen LogP contribution in [-0.2, 0) is 11.2 Å². The van der Waals surface area contributed by atoms with Crippen LogP contribution in [0.2, 0.25) is 0 Å². The third-order valence-electron chi connectivity index (χ3n) is 2.67. The lowest BCUT2D eigenvalue weighted by atomic mass is 10.1. The summed E-state index contributed by atoms with van der Waals surface area (Å²) in [4.78, 5) is 11.6. The van der Waals surface area contributed by atoms with Gasteiger partial charge >= 0.3 is 0 Å².